The van der Waals surface area contributed by atoms with E-state index in [9.17, 15) is 14.7 Å². The lowest BCUT2D eigenvalue weighted by atomic mass is 10.1. The molecule has 2 rings (SSSR count). The standard InChI is InChI=1S/C14H14ClNO6/c1-20-13(18)9-6-22-7-16(12(9)14(19)21-2)10-5-8(15)3-4-11(10)17/h3-5,17H,6-7H2,1-2H3. The van der Waals surface area contributed by atoms with E-state index in [-0.39, 0.29) is 36.0 Å². The first-order valence-corrected chi connectivity index (χ1v) is 6.61. The van der Waals surface area contributed by atoms with E-state index in [1.165, 1.54) is 37.3 Å². The number of hydrogen-bond acceptors (Lipinski definition) is 7. The van der Waals surface area contributed by atoms with Gasteiger partial charge in [0.15, 0.2) is 0 Å². The number of ether oxygens (including phenoxy) is 3. The molecule has 0 aliphatic carbocycles. The van der Waals surface area contributed by atoms with E-state index in [0.717, 1.165) is 0 Å². The molecule has 0 spiro atoms. The molecule has 0 aromatic heterocycles. The van der Waals surface area contributed by atoms with Crippen LogP contribution in [0.25, 0.3) is 0 Å². The molecule has 0 amide bonds. The number of phenolic OH excluding ortho intramolecular Hbond substituents is 1. The van der Waals surface area contributed by atoms with Gasteiger partial charge in [0, 0.05) is 5.02 Å². The van der Waals surface area contributed by atoms with Crippen LogP contribution in [0.2, 0.25) is 5.02 Å². The number of benzene rings is 1. The molecule has 0 radical (unpaired) electrons. The maximum absolute atomic E-state index is 12.1. The predicted octanol–water partition coefficient (Wildman–Crippen LogP) is 1.44. The van der Waals surface area contributed by atoms with Crippen molar-refractivity contribution in [1.82, 2.24) is 0 Å². The Morgan fingerprint density at radius 2 is 1.95 bits per heavy atom. The summed E-state index contributed by atoms with van der Waals surface area (Å²) < 4.78 is 14.7. The third-order valence-electron chi connectivity index (χ3n) is 3.06. The van der Waals surface area contributed by atoms with Crippen LogP contribution in [0.3, 0.4) is 0 Å². The van der Waals surface area contributed by atoms with Gasteiger partial charge in [-0.3, -0.25) is 0 Å². The number of phenols is 1. The Labute approximate surface area is 131 Å². The lowest BCUT2D eigenvalue weighted by Crippen LogP contribution is -2.38. The first-order chi connectivity index (χ1) is 10.5. The highest BCUT2D eigenvalue weighted by Crippen LogP contribution is 2.35. The number of nitrogens with zero attached hydrogens (tertiary/aromatic N) is 1. The van der Waals surface area contributed by atoms with Crippen LogP contribution in [0.1, 0.15) is 0 Å². The molecule has 1 aliphatic rings. The zero-order chi connectivity index (χ0) is 16.3. The number of carbonyl (C=O) groups is 2. The largest absolute Gasteiger partial charge is 0.506 e. The van der Waals surface area contributed by atoms with Crippen molar-refractivity contribution in [2.75, 3.05) is 32.5 Å². The molecule has 1 aromatic rings. The number of rotatable bonds is 3. The molecular weight excluding hydrogens is 314 g/mol. The summed E-state index contributed by atoms with van der Waals surface area (Å²) >= 11 is 5.92. The molecule has 0 bridgehead atoms. The number of methoxy groups -OCH3 is 2. The van der Waals surface area contributed by atoms with E-state index in [1.54, 1.807) is 0 Å². The molecule has 0 saturated heterocycles. The van der Waals surface area contributed by atoms with Gasteiger partial charge < -0.3 is 24.2 Å². The highest BCUT2D eigenvalue weighted by Gasteiger charge is 2.33. The van der Waals surface area contributed by atoms with E-state index in [0.29, 0.717) is 5.02 Å². The predicted molar refractivity (Wildman–Crippen MR) is 77.5 cm³/mol. The van der Waals surface area contributed by atoms with Gasteiger partial charge in [-0.1, -0.05) is 11.6 Å². The zero-order valence-electron chi connectivity index (χ0n) is 12.0. The van der Waals surface area contributed by atoms with Gasteiger partial charge in [-0.05, 0) is 18.2 Å². The summed E-state index contributed by atoms with van der Waals surface area (Å²) in [4.78, 5) is 25.2. The number of aromatic hydroxyl groups is 1. The Morgan fingerprint density at radius 1 is 1.27 bits per heavy atom. The first-order valence-electron chi connectivity index (χ1n) is 6.23. The van der Waals surface area contributed by atoms with Crippen LogP contribution in [0.15, 0.2) is 29.5 Å². The summed E-state index contributed by atoms with van der Waals surface area (Å²) in [5, 5.41) is 10.3. The molecule has 1 aliphatic heterocycles. The summed E-state index contributed by atoms with van der Waals surface area (Å²) in [6.45, 7) is -0.159. The van der Waals surface area contributed by atoms with Crippen LogP contribution in [-0.2, 0) is 23.8 Å². The molecule has 1 aromatic carbocycles. The maximum Gasteiger partial charge on any atom is 0.355 e. The second-order valence-corrected chi connectivity index (χ2v) is 4.79. The second-order valence-electron chi connectivity index (χ2n) is 4.35. The molecule has 7 nitrogen and oxygen atoms in total. The Hall–Kier alpha value is -2.25. The smallest absolute Gasteiger partial charge is 0.355 e. The molecule has 0 fully saturated rings. The fourth-order valence-electron chi connectivity index (χ4n) is 2.05. The van der Waals surface area contributed by atoms with Gasteiger partial charge in [-0.25, -0.2) is 9.59 Å². The van der Waals surface area contributed by atoms with Crippen LogP contribution in [0.5, 0.6) is 5.75 Å². The van der Waals surface area contributed by atoms with Crippen molar-refractivity contribution in [3.8, 4) is 5.75 Å². The molecular formula is C14H14ClNO6. The van der Waals surface area contributed by atoms with E-state index in [1.807, 2.05) is 0 Å². The fraction of sp³-hybridized carbons (Fsp3) is 0.286. The summed E-state index contributed by atoms with van der Waals surface area (Å²) in [7, 11) is 2.38. The Morgan fingerprint density at radius 3 is 2.59 bits per heavy atom. The van der Waals surface area contributed by atoms with Crippen molar-refractivity contribution in [2.24, 2.45) is 0 Å². The van der Waals surface area contributed by atoms with Crippen LogP contribution < -0.4 is 4.90 Å². The Kier molecular flexibility index (Phi) is 4.89. The first kappa shape index (κ1) is 16.1. The van der Waals surface area contributed by atoms with Crippen LogP contribution in [0.4, 0.5) is 5.69 Å². The fourth-order valence-corrected chi connectivity index (χ4v) is 2.21. The van der Waals surface area contributed by atoms with Gasteiger partial charge in [0.2, 0.25) is 0 Å². The van der Waals surface area contributed by atoms with E-state index in [4.69, 9.17) is 21.1 Å². The van der Waals surface area contributed by atoms with Crippen LogP contribution in [-0.4, -0.2) is 44.6 Å². The maximum atomic E-state index is 12.1. The Bertz CT molecular complexity index is 642. The highest BCUT2D eigenvalue weighted by molar-refractivity contribution is 6.31. The minimum Gasteiger partial charge on any atom is -0.506 e. The summed E-state index contributed by atoms with van der Waals surface area (Å²) in [5.41, 5.74) is 0.159. The third kappa shape index (κ3) is 3.00. The normalized spacial score (nSPS) is 14.8. The molecule has 0 atom stereocenters. The van der Waals surface area contributed by atoms with Gasteiger partial charge in [-0.2, -0.15) is 0 Å². The van der Waals surface area contributed by atoms with Gasteiger partial charge >= 0.3 is 11.9 Å². The number of carbonyl (C=O) groups excluding carboxylic acids is 2. The van der Waals surface area contributed by atoms with Crippen molar-refractivity contribution >= 4 is 29.2 Å². The van der Waals surface area contributed by atoms with E-state index < -0.39 is 11.9 Å². The minimum absolute atomic E-state index is 0.0000227. The molecule has 1 heterocycles. The number of esters is 2. The highest BCUT2D eigenvalue weighted by atomic mass is 35.5. The molecule has 0 saturated carbocycles. The number of halogens is 1. The quantitative estimate of drug-likeness (QED) is 0.841. The van der Waals surface area contributed by atoms with Gasteiger partial charge in [0.1, 0.15) is 18.2 Å². The van der Waals surface area contributed by atoms with Gasteiger partial charge in [0.05, 0.1) is 32.1 Å². The molecule has 22 heavy (non-hydrogen) atoms. The average Bonchev–Trinajstić information content (AvgIpc) is 2.54. The van der Waals surface area contributed by atoms with Crippen molar-refractivity contribution in [3.63, 3.8) is 0 Å². The van der Waals surface area contributed by atoms with Crippen LogP contribution in [0, 0.1) is 0 Å². The van der Waals surface area contributed by atoms with Crippen molar-refractivity contribution < 1.29 is 28.9 Å². The third-order valence-corrected chi connectivity index (χ3v) is 3.30. The average molecular weight is 328 g/mol. The molecule has 1 N–H and O–H groups in total. The molecule has 0 unspecified atom stereocenters. The lowest BCUT2D eigenvalue weighted by molar-refractivity contribution is -0.140. The molecule has 118 valence electrons. The van der Waals surface area contributed by atoms with Crippen molar-refractivity contribution in [2.45, 2.75) is 0 Å². The minimum atomic E-state index is -0.747. The lowest BCUT2D eigenvalue weighted by Gasteiger charge is -2.31. The van der Waals surface area contributed by atoms with Crippen LogP contribution >= 0.6 is 11.6 Å². The van der Waals surface area contributed by atoms with E-state index >= 15 is 0 Å². The Balaban J connectivity index is 2.60. The zero-order valence-corrected chi connectivity index (χ0v) is 12.7. The SMILES string of the molecule is COC(=O)C1=C(C(=O)OC)N(c2cc(Cl)ccc2O)COC1. The van der Waals surface area contributed by atoms with E-state index in [2.05, 4.69) is 4.74 Å². The summed E-state index contributed by atoms with van der Waals surface area (Å²) in [5.74, 6) is -1.59. The number of anilines is 1. The monoisotopic (exact) mass is 327 g/mol. The van der Waals surface area contributed by atoms with Crippen molar-refractivity contribution in [3.05, 3.63) is 34.5 Å². The number of hydrogen-bond donors (Lipinski definition) is 1. The van der Waals surface area contributed by atoms with Crippen molar-refractivity contribution in [1.29, 1.82) is 0 Å². The second kappa shape index (κ2) is 6.67. The summed E-state index contributed by atoms with van der Waals surface area (Å²) in [6.07, 6.45) is 0. The van der Waals surface area contributed by atoms with Gasteiger partial charge in [0.25, 0.3) is 0 Å². The summed E-state index contributed by atoms with van der Waals surface area (Å²) in [6, 6.07) is 4.32. The topological polar surface area (TPSA) is 85.3 Å². The van der Waals surface area contributed by atoms with Gasteiger partial charge in [-0.15, -0.1) is 0 Å². The molecule has 8 heteroatoms.